The molecule has 0 unspecified atom stereocenters. The number of ether oxygens (including phenoxy) is 1. The summed E-state index contributed by atoms with van der Waals surface area (Å²) < 4.78 is 5.32. The Morgan fingerprint density at radius 3 is 2.57 bits per heavy atom. The average Bonchev–Trinajstić information content (AvgIpc) is 2.50. The Balaban J connectivity index is 2.43. The van der Waals surface area contributed by atoms with Gasteiger partial charge >= 0.3 is 0 Å². The van der Waals surface area contributed by atoms with Crippen molar-refractivity contribution >= 4 is 23.2 Å². The molecule has 1 N–H and O–H groups in total. The summed E-state index contributed by atoms with van der Waals surface area (Å²) in [6.45, 7) is 3.89. The quantitative estimate of drug-likeness (QED) is 0.740. The van der Waals surface area contributed by atoms with E-state index in [1.54, 1.807) is 13.2 Å². The molecule has 2 rings (SSSR count). The zero-order valence-corrected chi connectivity index (χ0v) is 13.8. The van der Waals surface area contributed by atoms with Gasteiger partial charge in [0.25, 0.3) is 0 Å². The summed E-state index contributed by atoms with van der Waals surface area (Å²) in [6.07, 6.45) is 1.09. The zero-order valence-electron chi connectivity index (χ0n) is 12.2. The van der Waals surface area contributed by atoms with E-state index >= 15 is 0 Å². The van der Waals surface area contributed by atoms with Crippen LogP contribution in [-0.2, 0) is 6.54 Å². The van der Waals surface area contributed by atoms with Gasteiger partial charge in [0, 0.05) is 22.2 Å². The van der Waals surface area contributed by atoms with Crippen molar-refractivity contribution in [1.82, 2.24) is 5.32 Å². The molecular formula is C17H19Cl2NO. The lowest BCUT2D eigenvalue weighted by Gasteiger charge is -2.14. The molecule has 2 aromatic rings. The van der Waals surface area contributed by atoms with Crippen LogP contribution in [0.1, 0.15) is 18.9 Å². The van der Waals surface area contributed by atoms with Gasteiger partial charge in [-0.05, 0) is 54.4 Å². The van der Waals surface area contributed by atoms with Crippen molar-refractivity contribution in [3.05, 3.63) is 52.0 Å². The summed E-state index contributed by atoms with van der Waals surface area (Å²) in [5.41, 5.74) is 3.17. The van der Waals surface area contributed by atoms with E-state index in [2.05, 4.69) is 12.2 Å². The first-order valence-electron chi connectivity index (χ1n) is 6.98. The van der Waals surface area contributed by atoms with Crippen LogP contribution in [0.4, 0.5) is 0 Å². The summed E-state index contributed by atoms with van der Waals surface area (Å²) in [7, 11) is 1.67. The maximum absolute atomic E-state index is 6.33. The molecular weight excluding hydrogens is 305 g/mol. The SMILES string of the molecule is CCCNCc1cc(OC)ccc1-c1cc(Cl)ccc1Cl. The molecule has 0 aliphatic heterocycles. The third-order valence-corrected chi connectivity index (χ3v) is 3.84. The zero-order chi connectivity index (χ0) is 15.2. The maximum atomic E-state index is 6.33. The molecule has 0 amide bonds. The predicted molar refractivity (Wildman–Crippen MR) is 90.4 cm³/mol. The van der Waals surface area contributed by atoms with Gasteiger partial charge < -0.3 is 10.1 Å². The number of methoxy groups -OCH3 is 1. The number of nitrogens with one attached hydrogen (secondary N) is 1. The Bertz CT molecular complexity index is 614. The van der Waals surface area contributed by atoms with Gasteiger partial charge in [-0.3, -0.25) is 0 Å². The lowest BCUT2D eigenvalue weighted by atomic mass is 9.99. The van der Waals surface area contributed by atoms with E-state index in [0.29, 0.717) is 10.0 Å². The number of benzene rings is 2. The highest BCUT2D eigenvalue weighted by Gasteiger charge is 2.10. The van der Waals surface area contributed by atoms with E-state index in [1.807, 2.05) is 30.3 Å². The first kappa shape index (κ1) is 16.2. The second-order valence-electron chi connectivity index (χ2n) is 4.82. The molecule has 0 aliphatic carbocycles. The number of hydrogen-bond acceptors (Lipinski definition) is 2. The summed E-state index contributed by atoms with van der Waals surface area (Å²) in [5.74, 6) is 0.838. The fraction of sp³-hybridized carbons (Fsp3) is 0.294. The van der Waals surface area contributed by atoms with Crippen LogP contribution in [0.5, 0.6) is 5.75 Å². The lowest BCUT2D eigenvalue weighted by molar-refractivity contribution is 0.414. The van der Waals surface area contributed by atoms with Gasteiger partial charge in [-0.1, -0.05) is 36.2 Å². The van der Waals surface area contributed by atoms with E-state index in [0.717, 1.165) is 42.0 Å². The van der Waals surface area contributed by atoms with Crippen molar-refractivity contribution in [1.29, 1.82) is 0 Å². The molecule has 112 valence electrons. The van der Waals surface area contributed by atoms with Crippen LogP contribution >= 0.6 is 23.2 Å². The average molecular weight is 324 g/mol. The van der Waals surface area contributed by atoms with Crippen molar-refractivity contribution in [2.75, 3.05) is 13.7 Å². The van der Waals surface area contributed by atoms with E-state index in [1.165, 1.54) is 0 Å². The number of halogens is 2. The second-order valence-corrected chi connectivity index (χ2v) is 5.67. The normalized spacial score (nSPS) is 10.7. The van der Waals surface area contributed by atoms with E-state index in [4.69, 9.17) is 27.9 Å². The van der Waals surface area contributed by atoms with Gasteiger partial charge in [-0.25, -0.2) is 0 Å². The van der Waals surface area contributed by atoms with Crippen LogP contribution < -0.4 is 10.1 Å². The molecule has 0 heterocycles. The molecule has 0 atom stereocenters. The standard InChI is InChI=1S/C17H19Cl2NO/c1-3-8-20-11-12-9-14(21-2)5-6-15(12)16-10-13(18)4-7-17(16)19/h4-7,9-10,20H,3,8,11H2,1-2H3. The van der Waals surface area contributed by atoms with Gasteiger partial charge in [0.05, 0.1) is 7.11 Å². The highest BCUT2D eigenvalue weighted by Crippen LogP contribution is 2.34. The van der Waals surface area contributed by atoms with Gasteiger partial charge in [0.15, 0.2) is 0 Å². The molecule has 0 saturated carbocycles. The fourth-order valence-corrected chi connectivity index (χ4v) is 2.60. The molecule has 2 aromatic carbocycles. The highest BCUT2D eigenvalue weighted by atomic mass is 35.5. The van der Waals surface area contributed by atoms with Gasteiger partial charge in [0.1, 0.15) is 5.75 Å². The summed E-state index contributed by atoms with van der Waals surface area (Å²) >= 11 is 12.4. The van der Waals surface area contributed by atoms with E-state index in [-0.39, 0.29) is 0 Å². The van der Waals surface area contributed by atoms with Gasteiger partial charge in [0.2, 0.25) is 0 Å². The Hall–Kier alpha value is -1.22. The Morgan fingerprint density at radius 1 is 1.05 bits per heavy atom. The molecule has 0 aliphatic rings. The van der Waals surface area contributed by atoms with Crippen molar-refractivity contribution in [3.8, 4) is 16.9 Å². The summed E-state index contributed by atoms with van der Waals surface area (Å²) in [4.78, 5) is 0. The third kappa shape index (κ3) is 4.13. The first-order valence-corrected chi connectivity index (χ1v) is 7.74. The van der Waals surface area contributed by atoms with Crippen LogP contribution in [-0.4, -0.2) is 13.7 Å². The number of hydrogen-bond donors (Lipinski definition) is 1. The van der Waals surface area contributed by atoms with E-state index in [9.17, 15) is 0 Å². The molecule has 4 heteroatoms. The van der Waals surface area contributed by atoms with Crippen LogP contribution in [0.25, 0.3) is 11.1 Å². The van der Waals surface area contributed by atoms with Crippen LogP contribution in [0.3, 0.4) is 0 Å². The maximum Gasteiger partial charge on any atom is 0.119 e. The van der Waals surface area contributed by atoms with Crippen molar-refractivity contribution in [2.24, 2.45) is 0 Å². The minimum atomic E-state index is 0.678. The first-order chi connectivity index (χ1) is 10.2. The van der Waals surface area contributed by atoms with Gasteiger partial charge in [-0.2, -0.15) is 0 Å². The van der Waals surface area contributed by atoms with Crippen LogP contribution in [0.2, 0.25) is 10.0 Å². The molecule has 2 nitrogen and oxygen atoms in total. The summed E-state index contributed by atoms with van der Waals surface area (Å²) in [5, 5.41) is 4.79. The minimum Gasteiger partial charge on any atom is -0.497 e. The smallest absolute Gasteiger partial charge is 0.119 e. The Morgan fingerprint density at radius 2 is 1.86 bits per heavy atom. The van der Waals surface area contributed by atoms with Crippen molar-refractivity contribution in [2.45, 2.75) is 19.9 Å². The van der Waals surface area contributed by atoms with Gasteiger partial charge in [-0.15, -0.1) is 0 Å². The molecule has 21 heavy (non-hydrogen) atoms. The molecule has 0 aromatic heterocycles. The molecule has 0 fully saturated rings. The Labute approximate surface area is 136 Å². The summed E-state index contributed by atoms with van der Waals surface area (Å²) in [6, 6.07) is 11.5. The largest absolute Gasteiger partial charge is 0.497 e. The van der Waals surface area contributed by atoms with Crippen LogP contribution in [0.15, 0.2) is 36.4 Å². The van der Waals surface area contributed by atoms with Crippen molar-refractivity contribution in [3.63, 3.8) is 0 Å². The monoisotopic (exact) mass is 323 g/mol. The number of rotatable bonds is 6. The van der Waals surface area contributed by atoms with Crippen LogP contribution in [0, 0.1) is 0 Å². The highest BCUT2D eigenvalue weighted by molar-refractivity contribution is 6.35. The third-order valence-electron chi connectivity index (χ3n) is 3.27. The molecule has 0 bridgehead atoms. The topological polar surface area (TPSA) is 21.3 Å². The molecule has 0 saturated heterocycles. The second kappa shape index (κ2) is 7.69. The van der Waals surface area contributed by atoms with Crippen molar-refractivity contribution < 1.29 is 4.74 Å². The molecule has 0 radical (unpaired) electrons. The Kier molecular flexibility index (Phi) is 5.92. The lowest BCUT2D eigenvalue weighted by Crippen LogP contribution is -2.14. The predicted octanol–water partition coefficient (Wildman–Crippen LogP) is 5.17. The van der Waals surface area contributed by atoms with E-state index < -0.39 is 0 Å². The fourth-order valence-electron chi connectivity index (χ4n) is 2.21. The molecule has 0 spiro atoms. The minimum absolute atomic E-state index is 0.678.